The van der Waals surface area contributed by atoms with E-state index in [4.69, 9.17) is 51.6 Å². The van der Waals surface area contributed by atoms with Crippen LogP contribution in [0.2, 0.25) is 0 Å². The van der Waals surface area contributed by atoms with E-state index in [0.29, 0.717) is 13.1 Å². The number of nitrogens with zero attached hydrogens (tertiary/aromatic N) is 2. The summed E-state index contributed by atoms with van der Waals surface area (Å²) in [4.78, 5) is 27.7. The summed E-state index contributed by atoms with van der Waals surface area (Å²) in [5.41, 5.74) is 1.84. The number of ether oxygens (including phenoxy) is 6. The Hall–Kier alpha value is -2.64. The molecule has 4 fully saturated rings. The van der Waals surface area contributed by atoms with Crippen molar-refractivity contribution in [2.45, 2.75) is 60.2 Å². The Morgan fingerprint density at radius 3 is 1.91 bits per heavy atom. The molecule has 0 aromatic heterocycles. The van der Waals surface area contributed by atoms with Gasteiger partial charge in [0.05, 0.1) is 29.5 Å². The number of rotatable bonds is 6. The summed E-state index contributed by atoms with van der Waals surface area (Å²) in [7, 11) is 3.06. The quantitative estimate of drug-likeness (QED) is 0.375. The van der Waals surface area contributed by atoms with Crippen molar-refractivity contribution >= 4 is 35.4 Å². The molecule has 2 amide bonds. The Labute approximate surface area is 260 Å². The highest BCUT2D eigenvalue weighted by atomic mass is 35.5. The number of amides is 2. The van der Waals surface area contributed by atoms with Crippen molar-refractivity contribution in [1.29, 1.82) is 0 Å². The monoisotopic (exact) mass is 638 g/mol. The highest BCUT2D eigenvalue weighted by molar-refractivity contribution is 6.22. The van der Waals surface area contributed by atoms with Crippen molar-refractivity contribution in [3.05, 3.63) is 71.8 Å². The van der Waals surface area contributed by atoms with Gasteiger partial charge in [0.2, 0.25) is 5.79 Å². The summed E-state index contributed by atoms with van der Waals surface area (Å²) in [6.07, 6.45) is -2.25. The van der Waals surface area contributed by atoms with Crippen LogP contribution in [0.4, 0.5) is 9.59 Å². The van der Waals surface area contributed by atoms with Crippen molar-refractivity contribution < 1.29 is 43.1 Å². The van der Waals surface area contributed by atoms with Crippen LogP contribution in [0.5, 0.6) is 0 Å². The maximum absolute atomic E-state index is 12.5. The second-order valence-corrected chi connectivity index (χ2v) is 11.8. The number of fused-ring (bicyclic) bond motifs is 2. The molecule has 2 aromatic rings. The molecule has 234 valence electrons. The number of alkyl halides is 2. The topological polar surface area (TPSA) is 116 Å². The third-order valence-corrected chi connectivity index (χ3v) is 8.92. The Morgan fingerprint density at radius 2 is 1.35 bits per heavy atom. The summed E-state index contributed by atoms with van der Waals surface area (Å²) in [6, 6.07) is 18.1. The lowest BCUT2D eigenvalue weighted by Crippen LogP contribution is -2.55. The third-order valence-electron chi connectivity index (χ3n) is 8.15. The summed E-state index contributed by atoms with van der Waals surface area (Å²) >= 11 is 12.5. The molecule has 2 aromatic carbocycles. The molecule has 0 unspecified atom stereocenters. The molecule has 4 saturated heterocycles. The molecule has 1 N–H and O–H groups in total. The van der Waals surface area contributed by atoms with Crippen LogP contribution in [-0.4, -0.2) is 115 Å². The number of aliphatic hydroxyl groups excluding tert-OH is 1. The van der Waals surface area contributed by atoms with Crippen LogP contribution in [-0.2, 0) is 41.6 Å². The zero-order valence-electron chi connectivity index (χ0n) is 23.9. The predicted octanol–water partition coefficient (Wildman–Crippen LogP) is 3.38. The first kappa shape index (κ1) is 31.8. The Kier molecular flexibility index (Phi) is 10.3. The van der Waals surface area contributed by atoms with Gasteiger partial charge in [-0.25, -0.2) is 9.59 Å². The van der Waals surface area contributed by atoms with Gasteiger partial charge in [-0.1, -0.05) is 60.7 Å². The molecule has 13 heteroatoms. The molecule has 43 heavy (non-hydrogen) atoms. The van der Waals surface area contributed by atoms with Crippen molar-refractivity contribution in [3.8, 4) is 0 Å². The number of likely N-dealkylation sites (tertiary alicyclic amines) is 2. The fourth-order valence-corrected chi connectivity index (χ4v) is 6.67. The lowest BCUT2D eigenvalue weighted by Gasteiger charge is -2.35. The molecular formula is C30H36Cl2N2O9. The molecule has 11 nitrogen and oxygen atoms in total. The Bertz CT molecular complexity index is 1220. The van der Waals surface area contributed by atoms with Crippen molar-refractivity contribution in [1.82, 2.24) is 9.80 Å². The predicted molar refractivity (Wildman–Crippen MR) is 156 cm³/mol. The van der Waals surface area contributed by atoms with E-state index in [-0.39, 0.29) is 49.4 Å². The summed E-state index contributed by atoms with van der Waals surface area (Å²) in [5, 5.41) is 9.26. The SMILES string of the molecule is COC1(OC)CO[C@@H]2[C@H](Cl)CN(C(=O)OCc3ccccc3)[C@@H]21.O=C(OCc1ccccc1)N1C[C@@H](Cl)[C@H]2OC[C@H](O)[C@H]21. The van der Waals surface area contributed by atoms with Gasteiger partial charge >= 0.3 is 12.2 Å². The average molecular weight is 640 g/mol. The van der Waals surface area contributed by atoms with Gasteiger partial charge in [0.15, 0.2) is 0 Å². The van der Waals surface area contributed by atoms with E-state index >= 15 is 0 Å². The van der Waals surface area contributed by atoms with Crippen LogP contribution in [0.1, 0.15) is 11.1 Å². The van der Waals surface area contributed by atoms with E-state index < -0.39 is 36.2 Å². The van der Waals surface area contributed by atoms with Crippen molar-refractivity contribution in [3.63, 3.8) is 0 Å². The molecule has 4 heterocycles. The normalized spacial score (nSPS) is 30.3. The van der Waals surface area contributed by atoms with Crippen LogP contribution in [0, 0.1) is 0 Å². The maximum atomic E-state index is 12.5. The first-order valence-electron chi connectivity index (χ1n) is 14.0. The molecule has 4 aliphatic heterocycles. The van der Waals surface area contributed by atoms with Gasteiger partial charge in [0.1, 0.15) is 38.1 Å². The van der Waals surface area contributed by atoms with Gasteiger partial charge in [-0.3, -0.25) is 9.80 Å². The first-order chi connectivity index (χ1) is 20.8. The molecule has 6 rings (SSSR count). The second kappa shape index (κ2) is 14.0. The smallest absolute Gasteiger partial charge is 0.410 e. The van der Waals surface area contributed by atoms with Crippen LogP contribution in [0.15, 0.2) is 60.7 Å². The molecule has 0 saturated carbocycles. The molecular weight excluding hydrogens is 603 g/mol. The van der Waals surface area contributed by atoms with Crippen LogP contribution in [0.3, 0.4) is 0 Å². The lowest BCUT2D eigenvalue weighted by atomic mass is 10.1. The van der Waals surface area contributed by atoms with Gasteiger partial charge in [0.25, 0.3) is 0 Å². The van der Waals surface area contributed by atoms with Crippen LogP contribution < -0.4 is 0 Å². The number of carbonyl (C=O) groups excluding carboxylic acids is 2. The number of benzene rings is 2. The number of halogens is 2. The standard InChI is InChI=1S/C16H20ClNO5.C14H16ClNO4/c1-20-16(21-2)10-23-13-12(17)8-18(14(13)16)15(19)22-9-11-6-4-3-5-7-11;15-10-6-16(12-11(17)8-19-13(10)12)14(18)20-7-9-4-2-1-3-5-9/h3-7,12-14H,8-10H2,1-2H3;1-5,10-13,17H,6-8H2/t12-,13-,14+;10-,11+,12-,13-/m11/s1. The van der Waals surface area contributed by atoms with Crippen molar-refractivity contribution in [2.75, 3.05) is 40.5 Å². The molecule has 0 spiro atoms. The van der Waals surface area contributed by atoms with Gasteiger partial charge in [-0.15, -0.1) is 23.2 Å². The fraction of sp³-hybridized carbons (Fsp3) is 0.533. The number of carbonyl (C=O) groups is 2. The minimum Gasteiger partial charge on any atom is -0.445 e. The van der Waals surface area contributed by atoms with Gasteiger partial charge in [-0.05, 0) is 11.1 Å². The zero-order chi connectivity index (χ0) is 30.6. The zero-order valence-corrected chi connectivity index (χ0v) is 25.4. The summed E-state index contributed by atoms with van der Waals surface area (Å²) in [5.74, 6) is -1.01. The highest BCUT2D eigenvalue weighted by Gasteiger charge is 2.61. The van der Waals surface area contributed by atoms with Crippen LogP contribution in [0.25, 0.3) is 0 Å². The molecule has 0 radical (unpaired) electrons. The lowest BCUT2D eigenvalue weighted by molar-refractivity contribution is -0.224. The first-order valence-corrected chi connectivity index (χ1v) is 14.9. The second-order valence-electron chi connectivity index (χ2n) is 10.7. The van der Waals surface area contributed by atoms with Gasteiger partial charge in [0, 0.05) is 27.3 Å². The average Bonchev–Trinajstić information content (AvgIpc) is 3.79. The molecule has 0 bridgehead atoms. The Morgan fingerprint density at radius 1 is 0.837 bits per heavy atom. The van der Waals surface area contributed by atoms with E-state index in [0.717, 1.165) is 11.1 Å². The minimum absolute atomic E-state index is 0.203. The highest BCUT2D eigenvalue weighted by Crippen LogP contribution is 2.41. The number of aliphatic hydroxyl groups is 1. The third kappa shape index (κ3) is 6.73. The largest absolute Gasteiger partial charge is 0.445 e. The van der Waals surface area contributed by atoms with E-state index in [1.54, 1.807) is 4.90 Å². The minimum atomic E-state index is -1.01. The van der Waals surface area contributed by atoms with Gasteiger partial charge < -0.3 is 33.5 Å². The van der Waals surface area contributed by atoms with Gasteiger partial charge in [-0.2, -0.15) is 0 Å². The molecule has 0 aliphatic carbocycles. The number of methoxy groups -OCH3 is 2. The van der Waals surface area contributed by atoms with E-state index in [9.17, 15) is 14.7 Å². The maximum Gasteiger partial charge on any atom is 0.410 e. The molecule has 4 aliphatic rings. The van der Waals surface area contributed by atoms with E-state index in [1.807, 2.05) is 60.7 Å². The summed E-state index contributed by atoms with van der Waals surface area (Å²) in [6.45, 7) is 1.51. The number of hydrogen-bond acceptors (Lipinski definition) is 9. The fourth-order valence-electron chi connectivity index (χ4n) is 5.94. The van der Waals surface area contributed by atoms with E-state index in [1.165, 1.54) is 19.1 Å². The van der Waals surface area contributed by atoms with Crippen LogP contribution >= 0.6 is 23.2 Å². The Balaban J connectivity index is 0.000000173. The number of hydrogen-bond donors (Lipinski definition) is 1. The van der Waals surface area contributed by atoms with Crippen molar-refractivity contribution in [2.24, 2.45) is 0 Å². The van der Waals surface area contributed by atoms with E-state index in [2.05, 4.69) is 0 Å². The summed E-state index contributed by atoms with van der Waals surface area (Å²) < 4.78 is 32.8. The molecule has 7 atom stereocenters.